The second kappa shape index (κ2) is 6.68. The van der Waals surface area contributed by atoms with Gasteiger partial charge in [0.1, 0.15) is 0 Å². The number of carbonyl (C=O) groups excluding carboxylic acids is 1. The average Bonchev–Trinajstić information content (AvgIpc) is 3.14. The maximum Gasteiger partial charge on any atom is 0.225 e. The van der Waals surface area contributed by atoms with Crippen molar-refractivity contribution in [3.63, 3.8) is 0 Å². The van der Waals surface area contributed by atoms with Gasteiger partial charge in [-0.2, -0.15) is 5.10 Å². The highest BCUT2D eigenvalue weighted by atomic mass is 35.5. The Kier molecular flexibility index (Phi) is 4.63. The van der Waals surface area contributed by atoms with Gasteiger partial charge < -0.3 is 10.6 Å². The van der Waals surface area contributed by atoms with E-state index in [9.17, 15) is 4.79 Å². The molecule has 1 aliphatic rings. The predicted octanol–water partition coefficient (Wildman–Crippen LogP) is 1.40. The number of hydrogen-bond acceptors (Lipinski definition) is 4. The summed E-state index contributed by atoms with van der Waals surface area (Å²) in [7, 11) is 1.92. The number of hydrogen-bond donors (Lipinski definition) is 2. The van der Waals surface area contributed by atoms with Crippen LogP contribution in [0, 0.1) is 12.8 Å². The van der Waals surface area contributed by atoms with E-state index in [2.05, 4.69) is 20.7 Å². The van der Waals surface area contributed by atoms with Gasteiger partial charge in [-0.1, -0.05) is 11.6 Å². The summed E-state index contributed by atoms with van der Waals surface area (Å²) in [6.07, 6.45) is 3.45. The van der Waals surface area contributed by atoms with Crippen LogP contribution in [0.4, 0.5) is 0 Å². The van der Waals surface area contributed by atoms with E-state index in [4.69, 9.17) is 11.6 Å². The van der Waals surface area contributed by atoms with Crippen molar-refractivity contribution >= 4 is 17.5 Å². The van der Waals surface area contributed by atoms with Crippen molar-refractivity contribution in [1.82, 2.24) is 25.4 Å². The van der Waals surface area contributed by atoms with E-state index in [0.717, 1.165) is 23.5 Å². The van der Waals surface area contributed by atoms with E-state index in [1.54, 1.807) is 12.3 Å². The van der Waals surface area contributed by atoms with Crippen LogP contribution in [-0.2, 0) is 18.4 Å². The fourth-order valence-electron chi connectivity index (χ4n) is 2.98. The van der Waals surface area contributed by atoms with Crippen LogP contribution in [0.2, 0.25) is 5.02 Å². The molecule has 1 saturated heterocycles. The minimum atomic E-state index is -0.0924. The van der Waals surface area contributed by atoms with Crippen LogP contribution >= 0.6 is 11.6 Å². The van der Waals surface area contributed by atoms with Gasteiger partial charge in [-0.25, -0.2) is 0 Å². The first-order valence-corrected chi connectivity index (χ1v) is 8.01. The third-order valence-electron chi connectivity index (χ3n) is 4.46. The molecule has 0 saturated carbocycles. The zero-order valence-electron chi connectivity index (χ0n) is 13.2. The van der Waals surface area contributed by atoms with Crippen molar-refractivity contribution < 1.29 is 4.79 Å². The Morgan fingerprint density at radius 2 is 2.26 bits per heavy atom. The lowest BCUT2D eigenvalue weighted by Gasteiger charge is -2.18. The summed E-state index contributed by atoms with van der Waals surface area (Å²) in [5.41, 5.74) is 3.04. The summed E-state index contributed by atoms with van der Waals surface area (Å²) < 4.78 is 1.85. The molecule has 6 nitrogen and oxygen atoms in total. The topological polar surface area (TPSA) is 71.8 Å². The van der Waals surface area contributed by atoms with Gasteiger partial charge in [0, 0.05) is 37.9 Å². The lowest BCUT2D eigenvalue weighted by Crippen LogP contribution is -2.34. The van der Waals surface area contributed by atoms with E-state index in [1.165, 1.54) is 0 Å². The second-order valence-electron chi connectivity index (χ2n) is 5.87. The van der Waals surface area contributed by atoms with Crippen molar-refractivity contribution in [2.75, 3.05) is 13.1 Å². The number of amides is 1. The van der Waals surface area contributed by atoms with Crippen LogP contribution in [0.1, 0.15) is 22.9 Å². The minimum absolute atomic E-state index is 0.0417. The van der Waals surface area contributed by atoms with Crippen LogP contribution in [0.3, 0.4) is 0 Å². The van der Waals surface area contributed by atoms with Gasteiger partial charge >= 0.3 is 0 Å². The average molecular weight is 334 g/mol. The maximum absolute atomic E-state index is 12.6. The molecule has 1 amide bonds. The quantitative estimate of drug-likeness (QED) is 0.887. The summed E-state index contributed by atoms with van der Waals surface area (Å²) in [6.45, 7) is 3.92. The molecule has 2 atom stereocenters. The van der Waals surface area contributed by atoms with Crippen molar-refractivity contribution in [2.45, 2.75) is 19.4 Å². The number of carbonyl (C=O) groups is 1. The zero-order chi connectivity index (χ0) is 16.4. The molecule has 0 radical (unpaired) electrons. The van der Waals surface area contributed by atoms with Crippen molar-refractivity contribution in [1.29, 1.82) is 0 Å². The Morgan fingerprint density at radius 1 is 1.43 bits per heavy atom. The summed E-state index contributed by atoms with van der Waals surface area (Å²) in [5.74, 6) is 0.104. The van der Waals surface area contributed by atoms with Crippen LogP contribution in [0.25, 0.3) is 0 Å². The molecule has 2 aromatic heterocycles. The fraction of sp³-hybridized carbons (Fsp3) is 0.438. The van der Waals surface area contributed by atoms with Crippen molar-refractivity contribution in [2.24, 2.45) is 13.0 Å². The van der Waals surface area contributed by atoms with Crippen LogP contribution in [0.15, 0.2) is 24.5 Å². The van der Waals surface area contributed by atoms with Gasteiger partial charge in [0.05, 0.1) is 29.4 Å². The minimum Gasteiger partial charge on any atom is -0.350 e. The largest absolute Gasteiger partial charge is 0.350 e. The molecule has 0 spiro atoms. The molecule has 1 fully saturated rings. The molecule has 0 unspecified atom stereocenters. The van der Waals surface area contributed by atoms with Gasteiger partial charge in [-0.15, -0.1) is 0 Å². The monoisotopic (exact) mass is 333 g/mol. The van der Waals surface area contributed by atoms with E-state index < -0.39 is 0 Å². The molecule has 2 aromatic rings. The van der Waals surface area contributed by atoms with Gasteiger partial charge in [0.25, 0.3) is 0 Å². The molecular formula is C16H20ClN5O. The molecule has 0 aromatic carbocycles. The number of nitrogens with zero attached hydrogens (tertiary/aromatic N) is 3. The molecule has 7 heteroatoms. The Hall–Kier alpha value is -1.92. The first kappa shape index (κ1) is 16.0. The molecule has 3 heterocycles. The number of rotatable bonds is 4. The molecule has 1 aliphatic heterocycles. The third-order valence-corrected chi connectivity index (χ3v) is 4.68. The standard InChI is InChI=1S/C16H20ClN5O/c1-10-13(9-21-22(10)2)14-7-18-8-15(14)16(23)20-6-12-4-3-11(17)5-19-12/h3-5,9,14-15,18H,6-8H2,1-2H3,(H,20,23)/t14-,15+/m1/s1. The summed E-state index contributed by atoms with van der Waals surface area (Å²) in [4.78, 5) is 16.8. The van der Waals surface area contributed by atoms with Gasteiger partial charge in [0.15, 0.2) is 0 Å². The fourth-order valence-corrected chi connectivity index (χ4v) is 3.09. The Morgan fingerprint density at radius 3 is 2.91 bits per heavy atom. The van der Waals surface area contributed by atoms with Crippen LogP contribution in [0.5, 0.6) is 0 Å². The van der Waals surface area contributed by atoms with Crippen molar-refractivity contribution in [3.8, 4) is 0 Å². The van der Waals surface area contributed by atoms with Gasteiger partial charge in [-0.05, 0) is 24.6 Å². The maximum atomic E-state index is 12.6. The van der Waals surface area contributed by atoms with Crippen molar-refractivity contribution in [3.05, 3.63) is 46.5 Å². The normalized spacial score (nSPS) is 20.7. The molecule has 23 heavy (non-hydrogen) atoms. The highest BCUT2D eigenvalue weighted by Crippen LogP contribution is 2.30. The number of aromatic nitrogens is 3. The van der Waals surface area contributed by atoms with E-state index >= 15 is 0 Å². The zero-order valence-corrected chi connectivity index (χ0v) is 14.0. The third kappa shape index (κ3) is 3.38. The van der Waals surface area contributed by atoms with E-state index in [-0.39, 0.29) is 17.7 Å². The summed E-state index contributed by atoms with van der Waals surface area (Å²) in [6, 6.07) is 3.59. The second-order valence-corrected chi connectivity index (χ2v) is 6.30. The molecule has 122 valence electrons. The molecular weight excluding hydrogens is 314 g/mol. The number of nitrogens with one attached hydrogen (secondary N) is 2. The Bertz CT molecular complexity index is 697. The highest BCUT2D eigenvalue weighted by Gasteiger charge is 2.35. The predicted molar refractivity (Wildman–Crippen MR) is 88.1 cm³/mol. The number of pyridine rings is 1. The van der Waals surface area contributed by atoms with E-state index in [1.807, 2.05) is 30.9 Å². The molecule has 0 bridgehead atoms. The van der Waals surface area contributed by atoms with E-state index in [0.29, 0.717) is 18.1 Å². The smallest absolute Gasteiger partial charge is 0.225 e. The summed E-state index contributed by atoms with van der Waals surface area (Å²) in [5, 5.41) is 11.2. The lowest BCUT2D eigenvalue weighted by molar-refractivity contribution is -0.125. The van der Waals surface area contributed by atoms with Gasteiger partial charge in [-0.3, -0.25) is 14.5 Å². The molecule has 2 N–H and O–H groups in total. The lowest BCUT2D eigenvalue weighted by atomic mass is 9.88. The van der Waals surface area contributed by atoms with Crippen LogP contribution < -0.4 is 10.6 Å². The highest BCUT2D eigenvalue weighted by molar-refractivity contribution is 6.30. The SMILES string of the molecule is Cc1c([C@H]2CNC[C@@H]2C(=O)NCc2ccc(Cl)cn2)cnn1C. The molecule has 0 aliphatic carbocycles. The Balaban J connectivity index is 1.66. The number of aryl methyl sites for hydroxylation is 1. The molecule has 3 rings (SSSR count). The van der Waals surface area contributed by atoms with Crippen LogP contribution in [-0.4, -0.2) is 33.8 Å². The Labute approximate surface area is 140 Å². The first-order valence-electron chi connectivity index (χ1n) is 7.63. The number of halogens is 1. The first-order chi connectivity index (χ1) is 11.1. The summed E-state index contributed by atoms with van der Waals surface area (Å²) >= 11 is 5.82. The van der Waals surface area contributed by atoms with Gasteiger partial charge in [0.2, 0.25) is 5.91 Å².